The molecule has 9 heteroatoms. The van der Waals surface area contributed by atoms with Gasteiger partial charge in [0.05, 0.1) is 12.0 Å². The van der Waals surface area contributed by atoms with E-state index in [-0.39, 0.29) is 10.8 Å². The van der Waals surface area contributed by atoms with Gasteiger partial charge in [-0.15, -0.1) is 0 Å². The highest BCUT2D eigenvalue weighted by Gasteiger charge is 2.22. The minimum atomic E-state index is -3.56. The standard InChI is InChI=1S/C21H24N4O4S/c1-24(2)30(27,28)18-11-7-16(8-12-18)21(26)23-19(20-22-13-14-25(20)3)15-5-9-17(29-4)10-6-15/h5-14,19H,1-4H3,(H,23,26)/t19-/m0/s1. The molecule has 0 bridgehead atoms. The van der Waals surface area contributed by atoms with Crippen LogP contribution < -0.4 is 10.1 Å². The zero-order valence-electron chi connectivity index (χ0n) is 17.2. The number of carbonyl (C=O) groups excluding carboxylic acids is 1. The average Bonchev–Trinajstić information content (AvgIpc) is 3.17. The van der Waals surface area contributed by atoms with Gasteiger partial charge in [0, 0.05) is 39.1 Å². The van der Waals surface area contributed by atoms with Crippen molar-refractivity contribution >= 4 is 15.9 Å². The number of nitrogens with zero attached hydrogens (tertiary/aromatic N) is 3. The summed E-state index contributed by atoms with van der Waals surface area (Å²) in [6.07, 6.45) is 3.47. The molecule has 1 atom stereocenters. The first-order chi connectivity index (χ1) is 14.2. The van der Waals surface area contributed by atoms with E-state index in [9.17, 15) is 13.2 Å². The Kier molecular flexibility index (Phi) is 6.23. The number of amides is 1. The molecule has 8 nitrogen and oxygen atoms in total. The lowest BCUT2D eigenvalue weighted by Crippen LogP contribution is -2.31. The Morgan fingerprint density at radius 2 is 1.73 bits per heavy atom. The van der Waals surface area contributed by atoms with Crippen molar-refractivity contribution in [1.82, 2.24) is 19.2 Å². The number of aryl methyl sites for hydroxylation is 1. The summed E-state index contributed by atoms with van der Waals surface area (Å²) in [6.45, 7) is 0. The summed E-state index contributed by atoms with van der Waals surface area (Å²) < 4.78 is 32.6. The maximum atomic E-state index is 12.9. The van der Waals surface area contributed by atoms with Gasteiger partial charge in [-0.25, -0.2) is 17.7 Å². The quantitative estimate of drug-likeness (QED) is 0.623. The molecule has 0 fully saturated rings. The van der Waals surface area contributed by atoms with Gasteiger partial charge >= 0.3 is 0 Å². The van der Waals surface area contributed by atoms with E-state index >= 15 is 0 Å². The van der Waals surface area contributed by atoms with Crippen molar-refractivity contribution in [3.63, 3.8) is 0 Å². The molecule has 0 saturated heterocycles. The van der Waals surface area contributed by atoms with Crippen LogP contribution in [0.15, 0.2) is 65.8 Å². The van der Waals surface area contributed by atoms with Gasteiger partial charge in [0.15, 0.2) is 0 Å². The fourth-order valence-electron chi connectivity index (χ4n) is 2.95. The van der Waals surface area contributed by atoms with Crippen LogP contribution in [-0.4, -0.2) is 49.4 Å². The maximum absolute atomic E-state index is 12.9. The van der Waals surface area contributed by atoms with E-state index < -0.39 is 16.1 Å². The molecule has 0 aliphatic carbocycles. The monoisotopic (exact) mass is 428 g/mol. The Bertz CT molecular complexity index is 1120. The summed E-state index contributed by atoms with van der Waals surface area (Å²) >= 11 is 0. The molecule has 1 aromatic heterocycles. The van der Waals surface area contributed by atoms with Crippen LogP contribution in [-0.2, 0) is 17.1 Å². The zero-order valence-corrected chi connectivity index (χ0v) is 18.1. The molecule has 0 aliphatic rings. The number of hydrogen-bond donors (Lipinski definition) is 1. The van der Waals surface area contributed by atoms with Gasteiger partial charge < -0.3 is 14.6 Å². The number of hydrogen-bond acceptors (Lipinski definition) is 5. The number of nitrogens with one attached hydrogen (secondary N) is 1. The number of sulfonamides is 1. The first-order valence-corrected chi connectivity index (χ1v) is 10.6. The summed E-state index contributed by atoms with van der Waals surface area (Å²) in [5, 5.41) is 2.99. The highest BCUT2D eigenvalue weighted by Crippen LogP contribution is 2.24. The fraction of sp³-hybridized carbons (Fsp3) is 0.238. The summed E-state index contributed by atoms with van der Waals surface area (Å²) in [4.78, 5) is 17.4. The Morgan fingerprint density at radius 1 is 1.10 bits per heavy atom. The van der Waals surface area contributed by atoms with Crippen LogP contribution in [0.5, 0.6) is 5.75 Å². The second-order valence-corrected chi connectivity index (χ2v) is 9.04. The first kappa shape index (κ1) is 21.5. The van der Waals surface area contributed by atoms with Crippen LogP contribution in [0.2, 0.25) is 0 Å². The lowest BCUT2D eigenvalue weighted by molar-refractivity contribution is 0.0941. The highest BCUT2D eigenvalue weighted by molar-refractivity contribution is 7.89. The van der Waals surface area contributed by atoms with Gasteiger partial charge in [0.2, 0.25) is 10.0 Å². The SMILES string of the molecule is COc1ccc([C@H](NC(=O)c2ccc(S(=O)(=O)N(C)C)cc2)c2nccn2C)cc1. The van der Waals surface area contributed by atoms with E-state index in [1.165, 1.54) is 38.4 Å². The molecule has 158 valence electrons. The molecule has 0 spiro atoms. The molecule has 0 saturated carbocycles. The third-order valence-electron chi connectivity index (χ3n) is 4.74. The number of ether oxygens (including phenoxy) is 1. The molecule has 3 aromatic rings. The van der Waals surface area contributed by atoms with Crippen molar-refractivity contribution < 1.29 is 17.9 Å². The number of methoxy groups -OCH3 is 1. The van der Waals surface area contributed by atoms with Crippen LogP contribution >= 0.6 is 0 Å². The third-order valence-corrected chi connectivity index (χ3v) is 6.57. The zero-order chi connectivity index (χ0) is 21.9. The van der Waals surface area contributed by atoms with E-state index in [0.717, 1.165) is 9.87 Å². The molecule has 3 rings (SSSR count). The van der Waals surface area contributed by atoms with E-state index in [2.05, 4.69) is 10.3 Å². The fourth-order valence-corrected chi connectivity index (χ4v) is 3.85. The number of rotatable bonds is 7. The number of carbonyl (C=O) groups is 1. The molecule has 0 radical (unpaired) electrons. The molecule has 30 heavy (non-hydrogen) atoms. The second-order valence-electron chi connectivity index (χ2n) is 6.89. The number of benzene rings is 2. The summed E-state index contributed by atoms with van der Waals surface area (Å²) in [5.74, 6) is 1.04. The van der Waals surface area contributed by atoms with E-state index in [4.69, 9.17) is 4.74 Å². The van der Waals surface area contributed by atoms with Crippen molar-refractivity contribution in [2.45, 2.75) is 10.9 Å². The Morgan fingerprint density at radius 3 is 2.23 bits per heavy atom. The predicted octanol–water partition coefficient (Wildman–Crippen LogP) is 2.20. The van der Waals surface area contributed by atoms with Crippen LogP contribution in [0.4, 0.5) is 0 Å². The van der Waals surface area contributed by atoms with Gasteiger partial charge in [-0.1, -0.05) is 12.1 Å². The minimum absolute atomic E-state index is 0.125. The molecule has 2 aromatic carbocycles. The van der Waals surface area contributed by atoms with Gasteiger partial charge in [-0.05, 0) is 42.0 Å². The molecular formula is C21H24N4O4S. The number of imidazole rings is 1. The largest absolute Gasteiger partial charge is 0.497 e. The van der Waals surface area contributed by atoms with Gasteiger partial charge in [0.25, 0.3) is 5.91 Å². The molecule has 1 amide bonds. The van der Waals surface area contributed by atoms with Crippen molar-refractivity contribution in [1.29, 1.82) is 0 Å². The molecule has 1 heterocycles. The normalized spacial score (nSPS) is 12.6. The molecule has 0 aliphatic heterocycles. The lowest BCUT2D eigenvalue weighted by Gasteiger charge is -2.20. The van der Waals surface area contributed by atoms with Crippen LogP contribution in [0.3, 0.4) is 0 Å². The van der Waals surface area contributed by atoms with E-state index in [1.54, 1.807) is 19.5 Å². The molecular weight excluding hydrogens is 404 g/mol. The third kappa shape index (κ3) is 4.37. The van der Waals surface area contributed by atoms with Crippen molar-refractivity contribution in [3.8, 4) is 5.75 Å². The highest BCUT2D eigenvalue weighted by atomic mass is 32.2. The second kappa shape index (κ2) is 8.68. The molecule has 1 N–H and O–H groups in total. The number of aromatic nitrogens is 2. The van der Waals surface area contributed by atoms with Crippen LogP contribution in [0.1, 0.15) is 27.8 Å². The lowest BCUT2D eigenvalue weighted by atomic mass is 10.0. The van der Waals surface area contributed by atoms with Crippen molar-refractivity contribution in [2.75, 3.05) is 21.2 Å². The summed E-state index contributed by atoms with van der Waals surface area (Å²) in [7, 11) is 2.81. The average molecular weight is 429 g/mol. The van der Waals surface area contributed by atoms with Crippen molar-refractivity contribution in [3.05, 3.63) is 77.9 Å². The Labute approximate surface area is 176 Å². The topological polar surface area (TPSA) is 93.5 Å². The Hall–Kier alpha value is -3.17. The van der Waals surface area contributed by atoms with E-state index in [0.29, 0.717) is 17.1 Å². The maximum Gasteiger partial charge on any atom is 0.252 e. The van der Waals surface area contributed by atoms with Gasteiger partial charge in [0.1, 0.15) is 17.6 Å². The minimum Gasteiger partial charge on any atom is -0.497 e. The van der Waals surface area contributed by atoms with Crippen LogP contribution in [0, 0.1) is 0 Å². The van der Waals surface area contributed by atoms with E-state index in [1.807, 2.05) is 35.9 Å². The summed E-state index contributed by atoms with van der Waals surface area (Å²) in [5.41, 5.74) is 1.19. The van der Waals surface area contributed by atoms with Gasteiger partial charge in [-0.2, -0.15) is 0 Å². The van der Waals surface area contributed by atoms with Crippen LogP contribution in [0.25, 0.3) is 0 Å². The molecule has 0 unspecified atom stereocenters. The Balaban J connectivity index is 1.89. The van der Waals surface area contributed by atoms with Gasteiger partial charge in [-0.3, -0.25) is 4.79 Å². The predicted molar refractivity (Wildman–Crippen MR) is 113 cm³/mol. The van der Waals surface area contributed by atoms with Crippen molar-refractivity contribution in [2.24, 2.45) is 7.05 Å². The smallest absolute Gasteiger partial charge is 0.252 e. The summed E-state index contributed by atoms with van der Waals surface area (Å²) in [6, 6.07) is 12.7. The first-order valence-electron chi connectivity index (χ1n) is 9.18.